The van der Waals surface area contributed by atoms with Crippen molar-refractivity contribution in [1.82, 2.24) is 19.9 Å². The molecule has 140 valence electrons. The topological polar surface area (TPSA) is 106 Å². The molecule has 0 saturated carbocycles. The van der Waals surface area contributed by atoms with E-state index >= 15 is 0 Å². The number of carbonyl (C=O) groups is 2. The summed E-state index contributed by atoms with van der Waals surface area (Å²) in [5.41, 5.74) is -0.732. The summed E-state index contributed by atoms with van der Waals surface area (Å²) < 4.78 is 43.2. The van der Waals surface area contributed by atoms with Crippen LogP contribution in [0, 0.1) is 5.82 Å². The van der Waals surface area contributed by atoms with E-state index in [1.54, 1.807) is 6.07 Å². The van der Waals surface area contributed by atoms with Gasteiger partial charge < -0.3 is 15.2 Å². The highest BCUT2D eigenvalue weighted by Crippen LogP contribution is 2.16. The van der Waals surface area contributed by atoms with Crippen molar-refractivity contribution in [2.24, 2.45) is 0 Å². The Kier molecular flexibility index (Phi) is 4.92. The largest absolute Gasteiger partial charge is 0.477 e. The van der Waals surface area contributed by atoms with Crippen LogP contribution in [-0.2, 0) is 6.54 Å². The fourth-order valence-electron chi connectivity index (χ4n) is 2.31. The van der Waals surface area contributed by atoms with Crippen molar-refractivity contribution in [2.75, 3.05) is 0 Å². The Morgan fingerprint density at radius 2 is 2.07 bits per heavy atom. The van der Waals surface area contributed by atoms with Crippen LogP contribution in [0.2, 0.25) is 0 Å². The maximum atomic E-state index is 13.7. The molecule has 2 aromatic heterocycles. The summed E-state index contributed by atoms with van der Waals surface area (Å²) in [6, 6.07) is 6.62. The second-order valence-electron chi connectivity index (χ2n) is 5.27. The van der Waals surface area contributed by atoms with Crippen molar-refractivity contribution in [3.8, 4) is 5.75 Å². The maximum absolute atomic E-state index is 13.7. The van der Waals surface area contributed by atoms with Crippen molar-refractivity contribution >= 4 is 17.5 Å². The Bertz CT molecular complexity index is 1020. The van der Waals surface area contributed by atoms with Gasteiger partial charge in [-0.15, -0.1) is 0 Å². The Hall–Kier alpha value is -3.63. The Morgan fingerprint density at radius 1 is 1.30 bits per heavy atom. The third kappa shape index (κ3) is 3.97. The number of aromatic nitrogens is 3. The zero-order chi connectivity index (χ0) is 19.6. The molecular formula is C16H11F3N4O4. The van der Waals surface area contributed by atoms with Crippen LogP contribution >= 0.6 is 0 Å². The number of fused-ring (bicyclic) bond motifs is 1. The van der Waals surface area contributed by atoms with E-state index in [2.05, 4.69) is 20.1 Å². The van der Waals surface area contributed by atoms with Crippen molar-refractivity contribution in [3.05, 3.63) is 59.3 Å². The van der Waals surface area contributed by atoms with E-state index in [-0.39, 0.29) is 18.0 Å². The molecule has 0 aliphatic carbocycles. The molecule has 27 heavy (non-hydrogen) atoms. The third-order valence-corrected chi connectivity index (χ3v) is 3.46. The molecule has 11 heteroatoms. The molecule has 0 aliphatic rings. The summed E-state index contributed by atoms with van der Waals surface area (Å²) in [7, 11) is 0. The van der Waals surface area contributed by atoms with Gasteiger partial charge in [0, 0.05) is 12.6 Å². The smallest absolute Gasteiger partial charge is 0.387 e. The lowest BCUT2D eigenvalue weighted by Crippen LogP contribution is -2.25. The number of alkyl halides is 2. The standard InChI is InChI=1S/C16H11F3N4O4/c17-10-7-21-23-12(15(25)26)5-11(22-13(10)23)14(24)20-6-8-2-1-3-9(4-8)27-16(18)19/h1-5,7,16H,6H2,(H,20,24)(H,25,26). The summed E-state index contributed by atoms with van der Waals surface area (Å²) in [5.74, 6) is -3.16. The lowest BCUT2D eigenvalue weighted by atomic mass is 10.2. The molecule has 0 unspecified atom stereocenters. The Labute approximate surface area is 149 Å². The molecule has 0 atom stereocenters. The van der Waals surface area contributed by atoms with Gasteiger partial charge in [0.05, 0.1) is 6.20 Å². The molecule has 0 fully saturated rings. The summed E-state index contributed by atoms with van der Waals surface area (Å²) in [5, 5.41) is 15.2. The van der Waals surface area contributed by atoms with Gasteiger partial charge in [-0.05, 0) is 17.7 Å². The molecule has 2 N–H and O–H groups in total. The fourth-order valence-corrected chi connectivity index (χ4v) is 2.31. The first kappa shape index (κ1) is 18.2. The van der Waals surface area contributed by atoms with Gasteiger partial charge in [-0.1, -0.05) is 12.1 Å². The van der Waals surface area contributed by atoms with E-state index in [0.29, 0.717) is 5.56 Å². The van der Waals surface area contributed by atoms with Gasteiger partial charge in [-0.3, -0.25) is 4.79 Å². The van der Waals surface area contributed by atoms with Crippen LogP contribution in [0.5, 0.6) is 5.75 Å². The Morgan fingerprint density at radius 3 is 2.78 bits per heavy atom. The number of halogens is 3. The predicted molar refractivity (Wildman–Crippen MR) is 84.1 cm³/mol. The first-order valence-corrected chi connectivity index (χ1v) is 7.44. The third-order valence-electron chi connectivity index (χ3n) is 3.46. The summed E-state index contributed by atoms with van der Waals surface area (Å²) in [6.07, 6.45) is 0.783. The van der Waals surface area contributed by atoms with E-state index in [4.69, 9.17) is 0 Å². The number of hydrogen-bond acceptors (Lipinski definition) is 5. The van der Waals surface area contributed by atoms with Crippen molar-refractivity contribution in [1.29, 1.82) is 0 Å². The number of carbonyl (C=O) groups excluding carboxylic acids is 1. The van der Waals surface area contributed by atoms with Crippen molar-refractivity contribution in [2.45, 2.75) is 13.2 Å². The highest BCUT2D eigenvalue weighted by molar-refractivity contribution is 5.96. The zero-order valence-corrected chi connectivity index (χ0v) is 13.4. The molecule has 0 aliphatic heterocycles. The maximum Gasteiger partial charge on any atom is 0.387 e. The normalized spacial score (nSPS) is 11.0. The highest BCUT2D eigenvalue weighted by Gasteiger charge is 2.19. The number of amides is 1. The van der Waals surface area contributed by atoms with E-state index in [1.807, 2.05) is 0 Å². The van der Waals surface area contributed by atoms with Gasteiger partial charge in [0.25, 0.3) is 5.91 Å². The van der Waals surface area contributed by atoms with E-state index in [9.17, 15) is 27.9 Å². The summed E-state index contributed by atoms with van der Waals surface area (Å²) in [4.78, 5) is 27.3. The molecule has 1 aromatic carbocycles. The lowest BCUT2D eigenvalue weighted by Gasteiger charge is -2.09. The van der Waals surface area contributed by atoms with Crippen LogP contribution in [0.15, 0.2) is 36.5 Å². The molecule has 0 radical (unpaired) electrons. The Balaban J connectivity index is 1.80. The zero-order valence-electron chi connectivity index (χ0n) is 13.4. The minimum Gasteiger partial charge on any atom is -0.477 e. The van der Waals surface area contributed by atoms with Gasteiger partial charge in [-0.2, -0.15) is 13.9 Å². The molecule has 1 amide bonds. The van der Waals surface area contributed by atoms with Crippen LogP contribution in [0.25, 0.3) is 5.65 Å². The van der Waals surface area contributed by atoms with Gasteiger partial charge in [0.2, 0.25) is 0 Å². The molecule has 3 rings (SSSR count). The summed E-state index contributed by atoms with van der Waals surface area (Å²) in [6.45, 7) is -3.05. The number of ether oxygens (including phenoxy) is 1. The second-order valence-corrected chi connectivity index (χ2v) is 5.27. The van der Waals surface area contributed by atoms with Crippen LogP contribution in [-0.4, -0.2) is 38.2 Å². The van der Waals surface area contributed by atoms with Crippen LogP contribution in [0.4, 0.5) is 13.2 Å². The second kappa shape index (κ2) is 7.32. The molecule has 8 nitrogen and oxygen atoms in total. The molecule has 0 spiro atoms. The van der Waals surface area contributed by atoms with Crippen LogP contribution < -0.4 is 10.1 Å². The summed E-state index contributed by atoms with van der Waals surface area (Å²) >= 11 is 0. The van der Waals surface area contributed by atoms with Crippen LogP contribution in [0.3, 0.4) is 0 Å². The number of benzene rings is 1. The first-order valence-electron chi connectivity index (χ1n) is 7.44. The average Bonchev–Trinajstić information content (AvgIpc) is 2.99. The van der Waals surface area contributed by atoms with Crippen molar-refractivity contribution < 1.29 is 32.6 Å². The van der Waals surface area contributed by atoms with Gasteiger partial charge in [0.1, 0.15) is 11.4 Å². The minimum absolute atomic E-state index is 0.0731. The van der Waals surface area contributed by atoms with E-state index in [1.165, 1.54) is 18.2 Å². The minimum atomic E-state index is -2.98. The molecule has 3 aromatic rings. The molecular weight excluding hydrogens is 369 g/mol. The number of nitrogens with zero attached hydrogens (tertiary/aromatic N) is 3. The average molecular weight is 380 g/mol. The van der Waals surface area contributed by atoms with E-state index in [0.717, 1.165) is 16.8 Å². The van der Waals surface area contributed by atoms with E-state index < -0.39 is 35.6 Å². The monoisotopic (exact) mass is 380 g/mol. The first-order chi connectivity index (χ1) is 12.8. The fraction of sp³-hybridized carbons (Fsp3) is 0.125. The van der Waals surface area contributed by atoms with Gasteiger partial charge in [0.15, 0.2) is 17.2 Å². The quantitative estimate of drug-likeness (QED) is 0.678. The number of hydrogen-bond donors (Lipinski definition) is 2. The highest BCUT2D eigenvalue weighted by atomic mass is 19.3. The number of aromatic carboxylic acids is 1. The predicted octanol–water partition coefficient (Wildman–Crippen LogP) is 2.10. The number of carboxylic acids is 1. The number of nitrogens with one attached hydrogen (secondary N) is 1. The van der Waals surface area contributed by atoms with Crippen LogP contribution in [0.1, 0.15) is 26.5 Å². The number of carboxylic acid groups (broad SMARTS) is 1. The number of rotatable bonds is 6. The molecule has 0 saturated heterocycles. The SMILES string of the molecule is O=C(NCc1cccc(OC(F)F)c1)c1cc(C(=O)O)n2ncc(F)c2n1. The molecule has 2 heterocycles. The van der Waals surface area contributed by atoms with Crippen molar-refractivity contribution in [3.63, 3.8) is 0 Å². The van der Waals surface area contributed by atoms with Gasteiger partial charge >= 0.3 is 12.6 Å². The lowest BCUT2D eigenvalue weighted by molar-refractivity contribution is -0.0499. The van der Waals surface area contributed by atoms with Gasteiger partial charge in [-0.25, -0.2) is 18.7 Å². The molecule has 0 bridgehead atoms.